The minimum atomic E-state index is -2.16. The van der Waals surface area contributed by atoms with Crippen molar-refractivity contribution in [2.75, 3.05) is 18.5 Å². The van der Waals surface area contributed by atoms with Crippen LogP contribution in [0.1, 0.15) is 30.4 Å². The van der Waals surface area contributed by atoms with Crippen LogP contribution in [0.3, 0.4) is 0 Å². The Balaban J connectivity index is 1.36. The first-order valence-electron chi connectivity index (χ1n) is 13.0. The second kappa shape index (κ2) is 8.40. The van der Waals surface area contributed by atoms with Crippen LogP contribution in [-0.2, 0) is 5.41 Å². The van der Waals surface area contributed by atoms with E-state index in [4.69, 9.17) is 13.8 Å². The summed E-state index contributed by atoms with van der Waals surface area (Å²) in [5.41, 5.74) is 4.22. The molecular formula is C29H27N3OS2. The Hall–Kier alpha value is -3.35. The summed E-state index contributed by atoms with van der Waals surface area (Å²) in [4.78, 5) is 7.98. The molecule has 6 heteroatoms. The van der Waals surface area contributed by atoms with Crippen LogP contribution in [0.2, 0.25) is 0 Å². The van der Waals surface area contributed by atoms with Gasteiger partial charge < -0.3 is 14.5 Å². The number of fused-ring (bicyclic) bond motifs is 3. The Kier molecular flexibility index (Phi) is 4.54. The van der Waals surface area contributed by atoms with E-state index in [1.54, 1.807) is 35.1 Å². The van der Waals surface area contributed by atoms with Gasteiger partial charge >= 0.3 is 0 Å². The van der Waals surface area contributed by atoms with Crippen molar-refractivity contribution >= 4 is 48.5 Å². The van der Waals surface area contributed by atoms with Gasteiger partial charge in [-0.3, -0.25) is 4.98 Å². The predicted molar refractivity (Wildman–Crippen MR) is 150 cm³/mol. The zero-order valence-corrected chi connectivity index (χ0v) is 21.4. The van der Waals surface area contributed by atoms with Crippen LogP contribution in [-0.4, -0.2) is 23.5 Å². The highest BCUT2D eigenvalue weighted by Gasteiger charge is 2.19. The van der Waals surface area contributed by atoms with E-state index in [9.17, 15) is 0 Å². The lowest BCUT2D eigenvalue weighted by Gasteiger charge is -2.19. The number of nitrogens with zero attached hydrogens (tertiary/aromatic N) is 3. The van der Waals surface area contributed by atoms with Gasteiger partial charge in [-0.05, 0) is 52.8 Å². The van der Waals surface area contributed by atoms with Gasteiger partial charge in [0.1, 0.15) is 5.75 Å². The Bertz CT molecular complexity index is 1680. The first kappa shape index (κ1) is 18.9. The van der Waals surface area contributed by atoms with Crippen molar-refractivity contribution in [3.63, 3.8) is 0 Å². The van der Waals surface area contributed by atoms with Gasteiger partial charge in [-0.2, -0.15) is 0 Å². The topological polar surface area (TPSA) is 28.6 Å². The first-order chi connectivity index (χ1) is 18.1. The number of benzene rings is 2. The van der Waals surface area contributed by atoms with Crippen molar-refractivity contribution in [1.82, 2.24) is 9.88 Å². The highest BCUT2D eigenvalue weighted by atomic mass is 32.1. The molecule has 35 heavy (non-hydrogen) atoms. The summed E-state index contributed by atoms with van der Waals surface area (Å²) in [6.07, 6.45) is 5.28. The van der Waals surface area contributed by atoms with Crippen molar-refractivity contribution in [3.05, 3.63) is 84.1 Å². The van der Waals surface area contributed by atoms with Gasteiger partial charge in [0.25, 0.3) is 0 Å². The van der Waals surface area contributed by atoms with E-state index in [1.807, 2.05) is 35.4 Å². The fraction of sp³-hybridized carbons (Fsp3) is 0.207. The summed E-state index contributed by atoms with van der Waals surface area (Å²) in [6.45, 7) is 4.75. The maximum atomic E-state index is 7.65. The summed E-state index contributed by atoms with van der Waals surface area (Å²) < 4.78 is 31.7. The number of rotatable bonds is 4. The molecular weight excluding hydrogens is 470 g/mol. The molecule has 0 aliphatic carbocycles. The van der Waals surface area contributed by atoms with Crippen molar-refractivity contribution in [2.24, 2.45) is 0 Å². The molecule has 0 saturated carbocycles. The van der Waals surface area contributed by atoms with Gasteiger partial charge in [-0.25, -0.2) is 0 Å². The molecule has 0 fully saturated rings. The molecule has 0 bridgehead atoms. The average Bonchev–Trinajstić information content (AvgIpc) is 3.62. The van der Waals surface area contributed by atoms with Gasteiger partial charge in [-0.15, -0.1) is 11.3 Å². The highest BCUT2D eigenvalue weighted by Crippen LogP contribution is 2.45. The number of hydrogen-bond donors (Lipinski definition) is 0. The van der Waals surface area contributed by atoms with E-state index in [-0.39, 0.29) is 12.1 Å². The van der Waals surface area contributed by atoms with Crippen molar-refractivity contribution < 1.29 is 8.85 Å². The van der Waals surface area contributed by atoms with Crippen molar-refractivity contribution in [2.45, 2.75) is 26.2 Å². The third kappa shape index (κ3) is 4.17. The quantitative estimate of drug-likeness (QED) is 0.247. The molecule has 1 aliphatic rings. The molecule has 1 aliphatic heterocycles. The van der Waals surface area contributed by atoms with Crippen LogP contribution in [0.5, 0.6) is 10.8 Å². The number of pyridine rings is 1. The summed E-state index contributed by atoms with van der Waals surface area (Å²) in [7, 11) is 0. The van der Waals surface area contributed by atoms with E-state index >= 15 is 0 Å². The largest absolute Gasteiger partial charge is 0.447 e. The van der Waals surface area contributed by atoms with Gasteiger partial charge in [0, 0.05) is 73.2 Å². The summed E-state index contributed by atoms with van der Waals surface area (Å²) in [5, 5.41) is 5.27. The summed E-state index contributed by atoms with van der Waals surface area (Å²) in [6, 6.07) is 18.5. The summed E-state index contributed by atoms with van der Waals surface area (Å²) in [5.74, 6) is 0.700. The van der Waals surface area contributed by atoms with Crippen LogP contribution in [0.4, 0.5) is 5.69 Å². The SMILES string of the molecule is [2H]C([2H])([2H])N1C=CN(c2cccc(Oc3cc4c(-c5cc(C(C)(C)C)ccn5)cc5sccc5c4s3)c2)C1. The fourth-order valence-electron chi connectivity index (χ4n) is 4.33. The Morgan fingerprint density at radius 3 is 2.77 bits per heavy atom. The molecule has 0 saturated heterocycles. The van der Waals surface area contributed by atoms with Crippen LogP contribution in [0, 0.1) is 0 Å². The van der Waals surface area contributed by atoms with Gasteiger partial charge in [0.05, 0.1) is 12.4 Å². The van der Waals surface area contributed by atoms with E-state index in [0.717, 1.165) is 27.4 Å². The number of thiophene rings is 2. The lowest BCUT2D eigenvalue weighted by atomic mass is 9.87. The fourth-order valence-corrected chi connectivity index (χ4v) is 6.31. The molecule has 0 spiro atoms. The first-order valence-corrected chi connectivity index (χ1v) is 13.2. The third-order valence-corrected chi connectivity index (χ3v) is 8.13. The molecule has 0 atom stereocenters. The van der Waals surface area contributed by atoms with E-state index in [1.165, 1.54) is 25.2 Å². The highest BCUT2D eigenvalue weighted by molar-refractivity contribution is 7.23. The van der Waals surface area contributed by atoms with Gasteiger partial charge in [-0.1, -0.05) is 38.2 Å². The van der Waals surface area contributed by atoms with Crippen molar-refractivity contribution in [3.8, 4) is 22.1 Å². The molecule has 3 aromatic heterocycles. The standard InChI is InChI=1S/C29H27N3OS2/c1-29(2,3)19-8-10-30-25(14-19)23-16-26-22(9-13-34-26)28-24(23)17-27(35-28)33-21-7-5-6-20(15-21)32-12-11-31(4)18-32/h5-17H,18H2,1-4H3/i4D3. The zero-order chi connectivity index (χ0) is 26.7. The van der Waals surface area contributed by atoms with Gasteiger partial charge in [0.2, 0.25) is 0 Å². The lowest BCUT2D eigenvalue weighted by Crippen LogP contribution is -2.21. The van der Waals surface area contributed by atoms with Crippen LogP contribution in [0.15, 0.2) is 78.6 Å². The monoisotopic (exact) mass is 500 g/mol. The van der Waals surface area contributed by atoms with Crippen LogP contribution >= 0.6 is 22.7 Å². The molecule has 4 nitrogen and oxygen atoms in total. The normalized spacial score (nSPS) is 15.6. The molecule has 0 radical (unpaired) electrons. The van der Waals surface area contributed by atoms with Gasteiger partial charge in [0.15, 0.2) is 5.06 Å². The smallest absolute Gasteiger partial charge is 0.182 e. The Morgan fingerprint density at radius 1 is 1.03 bits per heavy atom. The predicted octanol–water partition coefficient (Wildman–Crippen LogP) is 8.45. The molecule has 176 valence electrons. The minimum Gasteiger partial charge on any atom is -0.447 e. The second-order valence-corrected chi connectivity index (χ2v) is 11.7. The van der Waals surface area contributed by atoms with Crippen LogP contribution in [0.25, 0.3) is 31.4 Å². The molecule has 2 aromatic carbocycles. The average molecular weight is 501 g/mol. The second-order valence-electron chi connectivity index (χ2n) is 9.72. The Morgan fingerprint density at radius 2 is 1.94 bits per heavy atom. The minimum absolute atomic E-state index is 0.0306. The number of aromatic nitrogens is 1. The molecule has 6 rings (SSSR count). The molecule has 0 N–H and O–H groups in total. The maximum Gasteiger partial charge on any atom is 0.182 e. The van der Waals surface area contributed by atoms with Crippen LogP contribution < -0.4 is 9.64 Å². The molecule has 4 heterocycles. The molecule has 0 amide bonds. The Labute approximate surface area is 217 Å². The summed E-state index contributed by atoms with van der Waals surface area (Å²) >= 11 is 3.37. The number of hydrogen-bond acceptors (Lipinski definition) is 6. The number of anilines is 1. The van der Waals surface area contributed by atoms with E-state index < -0.39 is 6.98 Å². The lowest BCUT2D eigenvalue weighted by molar-refractivity contribution is 0.490. The van der Waals surface area contributed by atoms with E-state index in [2.05, 4.69) is 56.5 Å². The van der Waals surface area contributed by atoms with Crippen molar-refractivity contribution in [1.29, 1.82) is 0 Å². The number of ether oxygens (including phenoxy) is 1. The maximum absolute atomic E-state index is 7.65. The molecule has 5 aromatic rings. The zero-order valence-electron chi connectivity index (χ0n) is 22.8. The molecule has 0 unspecified atom stereocenters. The third-order valence-electron chi connectivity index (χ3n) is 6.22. The van der Waals surface area contributed by atoms with E-state index in [0.29, 0.717) is 5.75 Å².